The molecule has 5 rings (SSSR count). The van der Waals surface area contributed by atoms with Crippen molar-refractivity contribution in [1.29, 1.82) is 0 Å². The minimum Gasteiger partial charge on any atom is -0.356 e. The molecular formula is C22H19FN4O2. The van der Waals surface area contributed by atoms with E-state index in [1.807, 2.05) is 24.3 Å². The van der Waals surface area contributed by atoms with E-state index in [4.69, 9.17) is 0 Å². The molecule has 1 saturated heterocycles. The second-order valence-electron chi connectivity index (χ2n) is 7.55. The van der Waals surface area contributed by atoms with Gasteiger partial charge in [-0.05, 0) is 42.7 Å². The number of carbonyl (C=O) groups is 2. The van der Waals surface area contributed by atoms with Crippen LogP contribution in [0.25, 0.3) is 10.9 Å². The van der Waals surface area contributed by atoms with Crippen LogP contribution in [-0.2, 0) is 21.5 Å². The standard InChI is InChI=1S/C22H19FN4O2/c1-22-20-17(16-7-2-3-8-18(16)25-20)9-10-26(22)19(28)13-27(21(22)29)24-12-14-5-4-6-15(23)11-14/h2-8,11-12,25H,9-10,13H2,1H3/t22-/m1/s1. The van der Waals surface area contributed by atoms with Gasteiger partial charge in [-0.25, -0.2) is 9.40 Å². The summed E-state index contributed by atoms with van der Waals surface area (Å²) in [7, 11) is 0. The maximum Gasteiger partial charge on any atom is 0.275 e. The number of nitrogens with zero attached hydrogens (tertiary/aromatic N) is 3. The van der Waals surface area contributed by atoms with Crippen LogP contribution in [0.2, 0.25) is 0 Å². The number of aromatic nitrogens is 1. The van der Waals surface area contributed by atoms with Gasteiger partial charge in [0.05, 0.1) is 11.9 Å². The van der Waals surface area contributed by atoms with Crippen LogP contribution in [-0.4, -0.2) is 46.0 Å². The van der Waals surface area contributed by atoms with Crippen LogP contribution in [0.1, 0.15) is 23.7 Å². The van der Waals surface area contributed by atoms with E-state index >= 15 is 0 Å². The van der Waals surface area contributed by atoms with Crippen molar-refractivity contribution < 1.29 is 14.0 Å². The van der Waals surface area contributed by atoms with Crippen LogP contribution in [0.4, 0.5) is 4.39 Å². The Labute approximate surface area is 166 Å². The Balaban J connectivity index is 1.57. The summed E-state index contributed by atoms with van der Waals surface area (Å²) < 4.78 is 13.4. The van der Waals surface area contributed by atoms with E-state index in [0.717, 1.165) is 22.2 Å². The van der Waals surface area contributed by atoms with Gasteiger partial charge in [-0.1, -0.05) is 30.3 Å². The first-order valence-corrected chi connectivity index (χ1v) is 9.50. The summed E-state index contributed by atoms with van der Waals surface area (Å²) in [4.78, 5) is 31.3. The number of fused-ring (bicyclic) bond motifs is 5. The fourth-order valence-electron chi connectivity index (χ4n) is 4.41. The number of rotatable bonds is 2. The highest BCUT2D eigenvalue weighted by Gasteiger charge is 2.54. The molecule has 1 aromatic heterocycles. The first-order chi connectivity index (χ1) is 14.0. The molecule has 3 aromatic rings. The Morgan fingerprint density at radius 3 is 2.83 bits per heavy atom. The fourth-order valence-corrected chi connectivity index (χ4v) is 4.41. The van der Waals surface area contributed by atoms with Crippen LogP contribution in [0.5, 0.6) is 0 Å². The zero-order valence-electron chi connectivity index (χ0n) is 15.9. The molecule has 6 nitrogen and oxygen atoms in total. The lowest BCUT2D eigenvalue weighted by molar-refractivity contribution is -0.165. The average molecular weight is 390 g/mol. The third kappa shape index (κ3) is 2.57. The van der Waals surface area contributed by atoms with E-state index in [-0.39, 0.29) is 24.2 Å². The predicted octanol–water partition coefficient (Wildman–Crippen LogP) is 2.78. The molecule has 1 fully saturated rings. The van der Waals surface area contributed by atoms with Crippen molar-refractivity contribution in [3.63, 3.8) is 0 Å². The van der Waals surface area contributed by atoms with Crippen molar-refractivity contribution in [1.82, 2.24) is 14.9 Å². The van der Waals surface area contributed by atoms with Crippen molar-refractivity contribution in [2.45, 2.75) is 18.9 Å². The highest BCUT2D eigenvalue weighted by molar-refractivity contribution is 6.01. The first-order valence-electron chi connectivity index (χ1n) is 9.50. The summed E-state index contributed by atoms with van der Waals surface area (Å²) in [6.45, 7) is 2.12. The molecule has 0 unspecified atom stereocenters. The smallest absolute Gasteiger partial charge is 0.275 e. The number of amides is 2. The summed E-state index contributed by atoms with van der Waals surface area (Å²) in [5, 5.41) is 6.48. The average Bonchev–Trinajstić information content (AvgIpc) is 3.10. The zero-order chi connectivity index (χ0) is 20.2. The summed E-state index contributed by atoms with van der Waals surface area (Å²) in [5.41, 5.74) is 2.13. The van der Waals surface area contributed by atoms with Crippen molar-refractivity contribution in [3.05, 3.63) is 71.2 Å². The number of para-hydroxylation sites is 1. The van der Waals surface area contributed by atoms with Gasteiger partial charge in [-0.3, -0.25) is 9.59 Å². The van der Waals surface area contributed by atoms with Crippen molar-refractivity contribution in [2.24, 2.45) is 5.10 Å². The number of hydrazone groups is 1. The predicted molar refractivity (Wildman–Crippen MR) is 107 cm³/mol. The van der Waals surface area contributed by atoms with Crippen LogP contribution in [0.3, 0.4) is 0 Å². The van der Waals surface area contributed by atoms with E-state index in [1.54, 1.807) is 24.0 Å². The summed E-state index contributed by atoms with van der Waals surface area (Å²) in [5.74, 6) is -0.826. The fraction of sp³-hybridized carbons (Fsp3) is 0.227. The highest BCUT2D eigenvalue weighted by atomic mass is 19.1. The summed E-state index contributed by atoms with van der Waals surface area (Å²) >= 11 is 0. The first kappa shape index (κ1) is 17.6. The normalized spacial score (nSPS) is 21.7. The number of hydrogen-bond donors (Lipinski definition) is 1. The number of benzene rings is 2. The van der Waals surface area contributed by atoms with E-state index in [0.29, 0.717) is 18.5 Å². The molecule has 29 heavy (non-hydrogen) atoms. The van der Waals surface area contributed by atoms with Gasteiger partial charge in [-0.2, -0.15) is 5.10 Å². The molecule has 7 heteroatoms. The number of carbonyl (C=O) groups excluding carboxylic acids is 2. The SMILES string of the molecule is C[C@@]12C(=O)N(N=Cc3cccc(F)c3)CC(=O)N1CCc1c2[nH]c2ccccc12. The lowest BCUT2D eigenvalue weighted by Gasteiger charge is -2.48. The topological polar surface area (TPSA) is 68.8 Å². The molecule has 2 aromatic carbocycles. The maximum absolute atomic E-state index is 13.5. The van der Waals surface area contributed by atoms with E-state index < -0.39 is 5.54 Å². The number of nitrogens with one attached hydrogen (secondary N) is 1. The zero-order valence-corrected chi connectivity index (χ0v) is 15.9. The molecule has 3 heterocycles. The van der Waals surface area contributed by atoms with Gasteiger partial charge >= 0.3 is 0 Å². The molecule has 0 bridgehead atoms. The van der Waals surface area contributed by atoms with Gasteiger partial charge in [0, 0.05) is 17.4 Å². The molecule has 1 atom stereocenters. The molecule has 2 aliphatic rings. The molecule has 1 N–H and O–H groups in total. The monoisotopic (exact) mass is 390 g/mol. The number of hydrogen-bond acceptors (Lipinski definition) is 3. The van der Waals surface area contributed by atoms with Gasteiger partial charge in [0.2, 0.25) is 5.91 Å². The Hall–Kier alpha value is -3.48. The molecule has 146 valence electrons. The number of aromatic amines is 1. The molecule has 0 spiro atoms. The van der Waals surface area contributed by atoms with Gasteiger partial charge in [0.25, 0.3) is 5.91 Å². The molecule has 2 amide bonds. The Kier molecular flexibility index (Phi) is 3.81. The molecule has 2 aliphatic heterocycles. The molecule has 0 aliphatic carbocycles. The lowest BCUT2D eigenvalue weighted by Crippen LogP contribution is -2.65. The molecule has 0 radical (unpaired) electrons. The lowest BCUT2D eigenvalue weighted by atomic mass is 9.83. The molecule has 0 saturated carbocycles. The van der Waals surface area contributed by atoms with Gasteiger partial charge in [-0.15, -0.1) is 0 Å². The number of halogens is 1. The Morgan fingerprint density at radius 2 is 2.00 bits per heavy atom. The Morgan fingerprint density at radius 1 is 1.17 bits per heavy atom. The minimum atomic E-state index is -1.15. The van der Waals surface area contributed by atoms with Crippen molar-refractivity contribution >= 4 is 28.9 Å². The van der Waals surface area contributed by atoms with Crippen molar-refractivity contribution in [3.8, 4) is 0 Å². The van der Waals surface area contributed by atoms with E-state index in [1.165, 1.54) is 23.4 Å². The second kappa shape index (κ2) is 6.27. The third-order valence-electron chi connectivity index (χ3n) is 5.86. The largest absolute Gasteiger partial charge is 0.356 e. The van der Waals surface area contributed by atoms with Gasteiger partial charge in [0.15, 0.2) is 5.54 Å². The highest BCUT2D eigenvalue weighted by Crippen LogP contribution is 2.41. The maximum atomic E-state index is 13.5. The van der Waals surface area contributed by atoms with E-state index in [2.05, 4.69) is 10.1 Å². The molecular weight excluding hydrogens is 371 g/mol. The second-order valence-corrected chi connectivity index (χ2v) is 7.55. The van der Waals surface area contributed by atoms with E-state index in [9.17, 15) is 14.0 Å². The van der Waals surface area contributed by atoms with Crippen LogP contribution < -0.4 is 0 Å². The van der Waals surface area contributed by atoms with Crippen LogP contribution in [0, 0.1) is 5.82 Å². The summed E-state index contributed by atoms with van der Waals surface area (Å²) in [6, 6.07) is 13.8. The minimum absolute atomic E-state index is 0.129. The summed E-state index contributed by atoms with van der Waals surface area (Å²) in [6.07, 6.45) is 2.10. The van der Waals surface area contributed by atoms with Gasteiger partial charge in [0.1, 0.15) is 12.4 Å². The third-order valence-corrected chi connectivity index (χ3v) is 5.86. The van der Waals surface area contributed by atoms with Gasteiger partial charge < -0.3 is 9.88 Å². The quantitative estimate of drug-likeness (QED) is 0.684. The van der Waals surface area contributed by atoms with Crippen LogP contribution >= 0.6 is 0 Å². The Bertz CT molecular complexity index is 1180. The van der Waals surface area contributed by atoms with Crippen molar-refractivity contribution in [2.75, 3.05) is 13.1 Å². The number of H-pyrrole nitrogens is 1. The number of piperazine rings is 1. The van der Waals surface area contributed by atoms with Crippen LogP contribution in [0.15, 0.2) is 53.6 Å².